The molecule has 6 rings (SSSR count). The second kappa shape index (κ2) is 10.2. The van der Waals surface area contributed by atoms with Gasteiger partial charge in [-0.1, -0.05) is 0 Å². The van der Waals surface area contributed by atoms with E-state index in [1.165, 1.54) is 0 Å². The number of nitrogens with one attached hydrogen (secondary N) is 2. The standard InChI is InChI=1S/C27H28N6O5/c1-35-22-9-19-20(10-23(22)36-2)29-8-7-21(19)38-18-5-6-25(30-13-18)31-27(34)26-24(37-15-16-11-28-12-16)14-33(32-26)17-3-4-17/h5-10,13-14,16-17,28H,3-4,11-12,15H2,1-2H3,(H,30,31,34). The summed E-state index contributed by atoms with van der Waals surface area (Å²) in [5, 5.41) is 11.3. The molecule has 11 heteroatoms. The minimum Gasteiger partial charge on any atom is -0.493 e. The van der Waals surface area contributed by atoms with Gasteiger partial charge >= 0.3 is 0 Å². The average Bonchev–Trinajstić information content (AvgIpc) is 3.67. The van der Waals surface area contributed by atoms with Crippen molar-refractivity contribution in [3.63, 3.8) is 0 Å². The van der Waals surface area contributed by atoms with E-state index in [1.54, 1.807) is 50.9 Å². The molecule has 11 nitrogen and oxygen atoms in total. The first-order chi connectivity index (χ1) is 18.6. The van der Waals surface area contributed by atoms with Crippen molar-refractivity contribution in [3.05, 3.63) is 54.6 Å². The number of pyridine rings is 2. The molecule has 1 aliphatic heterocycles. The molecule has 0 unspecified atom stereocenters. The molecule has 1 aliphatic carbocycles. The maximum atomic E-state index is 13.1. The number of fused-ring (bicyclic) bond motifs is 1. The number of nitrogens with zero attached hydrogens (tertiary/aromatic N) is 4. The lowest BCUT2D eigenvalue weighted by Crippen LogP contribution is -2.45. The van der Waals surface area contributed by atoms with E-state index in [2.05, 4.69) is 25.7 Å². The molecule has 4 aromatic rings. The van der Waals surface area contributed by atoms with Gasteiger partial charge in [0.1, 0.15) is 17.3 Å². The zero-order valence-corrected chi connectivity index (χ0v) is 21.1. The lowest BCUT2D eigenvalue weighted by molar-refractivity contribution is 0.101. The summed E-state index contributed by atoms with van der Waals surface area (Å²) in [5.41, 5.74) is 0.966. The predicted octanol–water partition coefficient (Wildman–Crippen LogP) is 3.82. The normalized spacial score (nSPS) is 15.1. The summed E-state index contributed by atoms with van der Waals surface area (Å²) in [6.07, 6.45) is 7.16. The highest BCUT2D eigenvalue weighted by Crippen LogP contribution is 2.37. The number of carbonyl (C=O) groups is 1. The lowest BCUT2D eigenvalue weighted by Gasteiger charge is -2.26. The quantitative estimate of drug-likeness (QED) is 0.324. The Morgan fingerprint density at radius 1 is 1.05 bits per heavy atom. The molecule has 0 atom stereocenters. The third-order valence-electron chi connectivity index (χ3n) is 6.59. The minimum atomic E-state index is -0.367. The van der Waals surface area contributed by atoms with Crippen LogP contribution in [0.4, 0.5) is 5.82 Å². The van der Waals surface area contributed by atoms with Crippen LogP contribution in [0.2, 0.25) is 0 Å². The summed E-state index contributed by atoms with van der Waals surface area (Å²) in [6, 6.07) is 9.13. The molecule has 1 aromatic carbocycles. The van der Waals surface area contributed by atoms with Gasteiger partial charge in [-0.3, -0.25) is 14.5 Å². The average molecular weight is 517 g/mol. The largest absolute Gasteiger partial charge is 0.493 e. The van der Waals surface area contributed by atoms with Gasteiger partial charge in [0.25, 0.3) is 5.91 Å². The second-order valence-corrected chi connectivity index (χ2v) is 9.36. The summed E-state index contributed by atoms with van der Waals surface area (Å²) < 4.78 is 24.7. The van der Waals surface area contributed by atoms with Crippen LogP contribution in [0.3, 0.4) is 0 Å². The number of hydrogen-bond donors (Lipinski definition) is 2. The first kappa shape index (κ1) is 24.0. The molecule has 1 saturated carbocycles. The van der Waals surface area contributed by atoms with Crippen LogP contribution in [-0.4, -0.2) is 59.6 Å². The lowest BCUT2D eigenvalue weighted by atomic mass is 10.1. The maximum Gasteiger partial charge on any atom is 0.281 e. The molecule has 196 valence electrons. The minimum absolute atomic E-state index is 0.263. The van der Waals surface area contributed by atoms with Crippen LogP contribution in [0, 0.1) is 5.92 Å². The Kier molecular flexibility index (Phi) is 6.42. The Morgan fingerprint density at radius 3 is 2.55 bits per heavy atom. The van der Waals surface area contributed by atoms with E-state index < -0.39 is 0 Å². The van der Waals surface area contributed by atoms with Crippen molar-refractivity contribution >= 4 is 22.6 Å². The number of methoxy groups -OCH3 is 2. The molecule has 2 N–H and O–H groups in total. The molecule has 2 aliphatic rings. The van der Waals surface area contributed by atoms with Crippen molar-refractivity contribution < 1.29 is 23.7 Å². The molecule has 3 aromatic heterocycles. The zero-order chi connectivity index (χ0) is 26.1. The Morgan fingerprint density at radius 2 is 1.87 bits per heavy atom. The van der Waals surface area contributed by atoms with E-state index in [9.17, 15) is 4.79 Å². The van der Waals surface area contributed by atoms with Crippen LogP contribution >= 0.6 is 0 Å². The van der Waals surface area contributed by atoms with Gasteiger partial charge < -0.3 is 29.6 Å². The van der Waals surface area contributed by atoms with Crippen molar-refractivity contribution in [2.45, 2.75) is 18.9 Å². The predicted molar refractivity (Wildman–Crippen MR) is 139 cm³/mol. The second-order valence-electron chi connectivity index (χ2n) is 9.36. The van der Waals surface area contributed by atoms with E-state index in [0.717, 1.165) is 31.3 Å². The van der Waals surface area contributed by atoms with E-state index in [-0.39, 0.29) is 11.6 Å². The Labute approximate surface area is 219 Å². The van der Waals surface area contributed by atoms with Crippen molar-refractivity contribution in [2.24, 2.45) is 5.92 Å². The summed E-state index contributed by atoms with van der Waals surface area (Å²) in [7, 11) is 3.16. The Bertz CT molecular complexity index is 1460. The number of benzene rings is 1. The third-order valence-corrected chi connectivity index (χ3v) is 6.59. The van der Waals surface area contributed by atoms with E-state index in [0.29, 0.717) is 58.6 Å². The van der Waals surface area contributed by atoms with Gasteiger partial charge in [-0.2, -0.15) is 5.10 Å². The van der Waals surface area contributed by atoms with Crippen molar-refractivity contribution in [2.75, 3.05) is 39.2 Å². The van der Waals surface area contributed by atoms with Crippen LogP contribution in [0.25, 0.3) is 10.9 Å². The number of ether oxygens (including phenoxy) is 4. The third kappa shape index (κ3) is 4.92. The number of anilines is 1. The van der Waals surface area contributed by atoms with Gasteiger partial charge in [-0.25, -0.2) is 4.98 Å². The molecule has 0 radical (unpaired) electrons. The first-order valence-corrected chi connectivity index (χ1v) is 12.5. The number of rotatable bonds is 10. The van der Waals surface area contributed by atoms with Crippen molar-refractivity contribution in [1.82, 2.24) is 25.1 Å². The van der Waals surface area contributed by atoms with Crippen LogP contribution in [0.5, 0.6) is 28.7 Å². The molecular formula is C27H28N6O5. The van der Waals surface area contributed by atoms with Crippen LogP contribution in [0.1, 0.15) is 29.4 Å². The van der Waals surface area contributed by atoms with Crippen molar-refractivity contribution in [1.29, 1.82) is 0 Å². The van der Waals surface area contributed by atoms with Crippen LogP contribution in [-0.2, 0) is 0 Å². The van der Waals surface area contributed by atoms with E-state index in [1.807, 2.05) is 16.9 Å². The molecule has 4 heterocycles. The molecule has 0 spiro atoms. The first-order valence-electron chi connectivity index (χ1n) is 12.5. The molecule has 38 heavy (non-hydrogen) atoms. The van der Waals surface area contributed by atoms with Gasteiger partial charge in [0, 0.05) is 36.7 Å². The summed E-state index contributed by atoms with van der Waals surface area (Å²) in [5.74, 6) is 3.21. The smallest absolute Gasteiger partial charge is 0.281 e. The van der Waals surface area contributed by atoms with E-state index >= 15 is 0 Å². The van der Waals surface area contributed by atoms with E-state index in [4.69, 9.17) is 18.9 Å². The number of aromatic nitrogens is 4. The highest BCUT2D eigenvalue weighted by atomic mass is 16.5. The SMILES string of the molecule is COc1cc2nccc(Oc3ccc(NC(=O)c4nn(C5CC5)cc4OCC4CNC4)nc3)c2cc1OC. The van der Waals surface area contributed by atoms with Crippen molar-refractivity contribution in [3.8, 4) is 28.7 Å². The number of amides is 1. The number of hydrogen-bond acceptors (Lipinski definition) is 9. The van der Waals surface area contributed by atoms with Gasteiger partial charge in [0.2, 0.25) is 0 Å². The number of carbonyl (C=O) groups excluding carboxylic acids is 1. The fourth-order valence-corrected chi connectivity index (χ4v) is 4.19. The molecule has 2 fully saturated rings. The molecule has 1 saturated heterocycles. The maximum absolute atomic E-state index is 13.1. The molecule has 1 amide bonds. The topological polar surface area (TPSA) is 122 Å². The van der Waals surface area contributed by atoms with Gasteiger partial charge in [-0.15, -0.1) is 0 Å². The highest BCUT2D eigenvalue weighted by Gasteiger charge is 2.29. The summed E-state index contributed by atoms with van der Waals surface area (Å²) >= 11 is 0. The van der Waals surface area contributed by atoms with Gasteiger partial charge in [0.15, 0.2) is 22.9 Å². The van der Waals surface area contributed by atoms with Crippen LogP contribution < -0.4 is 29.6 Å². The summed E-state index contributed by atoms with van der Waals surface area (Å²) in [4.78, 5) is 21.8. The van der Waals surface area contributed by atoms with Crippen LogP contribution in [0.15, 0.2) is 48.9 Å². The Hall–Kier alpha value is -4.38. The summed E-state index contributed by atoms with van der Waals surface area (Å²) in [6.45, 7) is 2.40. The molecular weight excluding hydrogens is 488 g/mol. The fraction of sp³-hybridized carbons (Fsp3) is 0.333. The molecule has 0 bridgehead atoms. The monoisotopic (exact) mass is 516 g/mol. The fourth-order valence-electron chi connectivity index (χ4n) is 4.19. The zero-order valence-electron chi connectivity index (χ0n) is 21.1. The highest BCUT2D eigenvalue weighted by molar-refractivity contribution is 6.04. The van der Waals surface area contributed by atoms with Gasteiger partial charge in [0.05, 0.1) is 44.8 Å². The van der Waals surface area contributed by atoms with Gasteiger partial charge in [-0.05, 0) is 37.1 Å². The Balaban J connectivity index is 1.16.